The highest BCUT2D eigenvalue weighted by Crippen LogP contribution is 2.27. The molecule has 0 aliphatic carbocycles. The van der Waals surface area contributed by atoms with Crippen molar-refractivity contribution in [3.8, 4) is 5.75 Å². The van der Waals surface area contributed by atoms with E-state index in [9.17, 15) is 8.42 Å². The average molecular weight is 362 g/mol. The summed E-state index contributed by atoms with van der Waals surface area (Å²) in [4.78, 5) is 7.51. The largest absolute Gasteiger partial charge is 0.495 e. The van der Waals surface area contributed by atoms with Gasteiger partial charge in [0.2, 0.25) is 5.96 Å². The molecule has 132 valence electrons. The first kappa shape index (κ1) is 18.1. The number of ether oxygens (including phenoxy) is 1. The molecule has 0 saturated carbocycles. The molecular weight excluding hydrogens is 344 g/mol. The molecule has 2 aromatic carbocycles. The fourth-order valence-electron chi connectivity index (χ4n) is 1.94. The maximum Gasteiger partial charge on any atom is 0.262 e. The lowest BCUT2D eigenvalue weighted by atomic mass is 10.3. The van der Waals surface area contributed by atoms with Crippen LogP contribution < -0.4 is 26.7 Å². The second-order valence-corrected chi connectivity index (χ2v) is 6.49. The molecule has 25 heavy (non-hydrogen) atoms. The van der Waals surface area contributed by atoms with E-state index < -0.39 is 10.0 Å². The number of rotatable bonds is 5. The maximum absolute atomic E-state index is 12.6. The average Bonchev–Trinajstić information content (AvgIpc) is 2.54. The number of aliphatic imine (C=N–C) groups is 2. The highest BCUT2D eigenvalue weighted by molar-refractivity contribution is 7.92. The number of nitrogens with zero attached hydrogens (tertiary/aromatic N) is 2. The van der Waals surface area contributed by atoms with Crippen molar-refractivity contribution in [2.75, 3.05) is 11.8 Å². The highest BCUT2D eigenvalue weighted by atomic mass is 32.2. The van der Waals surface area contributed by atoms with Crippen LogP contribution in [0.25, 0.3) is 0 Å². The van der Waals surface area contributed by atoms with Gasteiger partial charge in [-0.2, -0.15) is 4.99 Å². The summed E-state index contributed by atoms with van der Waals surface area (Å²) in [5.41, 5.74) is 16.6. The Bertz CT molecular complexity index is 920. The molecule has 9 nitrogen and oxygen atoms in total. The van der Waals surface area contributed by atoms with Crippen LogP contribution in [0, 0.1) is 0 Å². The zero-order valence-electron chi connectivity index (χ0n) is 13.4. The lowest BCUT2D eigenvalue weighted by Crippen LogP contribution is -2.26. The Hall–Kier alpha value is -3.27. The van der Waals surface area contributed by atoms with E-state index >= 15 is 0 Å². The van der Waals surface area contributed by atoms with Gasteiger partial charge in [-0.1, -0.05) is 18.2 Å². The molecule has 0 aliphatic heterocycles. The molecule has 10 heteroatoms. The summed E-state index contributed by atoms with van der Waals surface area (Å²) < 4.78 is 32.7. The molecule has 0 spiro atoms. The minimum absolute atomic E-state index is 0.00263. The number of nitrogens with two attached hydrogens (primary N) is 3. The number of hydrogen-bond donors (Lipinski definition) is 4. The number of benzene rings is 2. The molecular formula is C15H18N6O3S. The summed E-state index contributed by atoms with van der Waals surface area (Å²) in [5, 5.41) is 0. The van der Waals surface area contributed by atoms with Crippen molar-refractivity contribution in [3.63, 3.8) is 0 Å². The number of methoxy groups -OCH3 is 1. The summed E-state index contributed by atoms with van der Waals surface area (Å²) in [6.07, 6.45) is 0. The van der Waals surface area contributed by atoms with Crippen LogP contribution in [0.2, 0.25) is 0 Å². The molecule has 2 rings (SSSR count). The Morgan fingerprint density at radius 3 is 2.48 bits per heavy atom. The predicted molar refractivity (Wildman–Crippen MR) is 97.3 cm³/mol. The van der Waals surface area contributed by atoms with Crippen molar-refractivity contribution in [3.05, 3.63) is 48.5 Å². The molecule has 0 aliphatic rings. The first-order chi connectivity index (χ1) is 11.8. The Balaban J connectivity index is 2.34. The molecule has 0 heterocycles. The van der Waals surface area contributed by atoms with Crippen LogP contribution in [0.4, 0.5) is 11.4 Å². The molecule has 0 radical (unpaired) electrons. The van der Waals surface area contributed by atoms with E-state index in [1.807, 2.05) is 0 Å². The zero-order valence-corrected chi connectivity index (χ0v) is 14.2. The third kappa shape index (κ3) is 4.85. The fourth-order valence-corrected chi connectivity index (χ4v) is 3.05. The van der Waals surface area contributed by atoms with Crippen molar-refractivity contribution in [2.24, 2.45) is 27.2 Å². The van der Waals surface area contributed by atoms with Crippen molar-refractivity contribution >= 4 is 33.3 Å². The Kier molecular flexibility index (Phi) is 5.45. The van der Waals surface area contributed by atoms with Crippen LogP contribution in [0.1, 0.15) is 0 Å². The van der Waals surface area contributed by atoms with Crippen LogP contribution in [0.5, 0.6) is 5.75 Å². The van der Waals surface area contributed by atoms with E-state index in [0.29, 0.717) is 11.4 Å². The Morgan fingerprint density at radius 1 is 1.08 bits per heavy atom. The van der Waals surface area contributed by atoms with E-state index in [-0.39, 0.29) is 22.5 Å². The first-order valence-electron chi connectivity index (χ1n) is 7.01. The number of nitrogens with one attached hydrogen (secondary N) is 1. The van der Waals surface area contributed by atoms with Gasteiger partial charge in [0.05, 0.1) is 23.4 Å². The third-order valence-corrected chi connectivity index (χ3v) is 4.33. The van der Waals surface area contributed by atoms with Gasteiger partial charge in [-0.25, -0.2) is 13.4 Å². The third-order valence-electron chi connectivity index (χ3n) is 2.97. The Labute approximate surface area is 145 Å². The number of sulfonamides is 1. The van der Waals surface area contributed by atoms with Crippen molar-refractivity contribution in [2.45, 2.75) is 4.90 Å². The molecule has 0 unspecified atom stereocenters. The summed E-state index contributed by atoms with van der Waals surface area (Å²) in [6.45, 7) is 0. The van der Waals surface area contributed by atoms with Crippen molar-refractivity contribution < 1.29 is 13.2 Å². The number of guanidine groups is 2. The van der Waals surface area contributed by atoms with Crippen LogP contribution in [0.15, 0.2) is 63.4 Å². The molecule has 0 amide bonds. The summed E-state index contributed by atoms with van der Waals surface area (Å²) in [5.74, 6) is -0.0349. The minimum Gasteiger partial charge on any atom is -0.495 e. The van der Waals surface area contributed by atoms with Crippen LogP contribution >= 0.6 is 0 Å². The molecule has 0 bridgehead atoms. The smallest absolute Gasteiger partial charge is 0.262 e. The highest BCUT2D eigenvalue weighted by Gasteiger charge is 2.16. The van der Waals surface area contributed by atoms with Gasteiger partial charge in [0.15, 0.2) is 5.96 Å². The Morgan fingerprint density at radius 2 is 1.80 bits per heavy atom. The van der Waals surface area contributed by atoms with Crippen molar-refractivity contribution in [1.82, 2.24) is 0 Å². The molecule has 0 saturated heterocycles. The quantitative estimate of drug-likeness (QED) is 0.453. The van der Waals surface area contributed by atoms with Gasteiger partial charge < -0.3 is 21.9 Å². The van der Waals surface area contributed by atoms with Gasteiger partial charge in [0, 0.05) is 0 Å². The second kappa shape index (κ2) is 7.53. The number of hydrogen-bond acceptors (Lipinski definition) is 4. The van der Waals surface area contributed by atoms with E-state index in [2.05, 4.69) is 14.7 Å². The standard InChI is InChI=1S/C15H18N6O3S/c1-24-13-8-3-2-7-12(13)21-25(22,23)11-6-4-5-10(9-11)19-15(18)20-14(16)17/h2-9,21H,1H3,(H6,16,17,18,19,20). The predicted octanol–water partition coefficient (Wildman–Crippen LogP) is 0.716. The van der Waals surface area contributed by atoms with E-state index in [4.69, 9.17) is 21.9 Å². The summed E-state index contributed by atoms with van der Waals surface area (Å²) in [7, 11) is -2.40. The van der Waals surface area contributed by atoms with E-state index in [1.54, 1.807) is 30.3 Å². The van der Waals surface area contributed by atoms with E-state index in [0.717, 1.165) is 0 Å². The van der Waals surface area contributed by atoms with Crippen LogP contribution in [-0.2, 0) is 10.0 Å². The van der Waals surface area contributed by atoms with Gasteiger partial charge in [-0.15, -0.1) is 0 Å². The van der Waals surface area contributed by atoms with Gasteiger partial charge >= 0.3 is 0 Å². The molecule has 2 aromatic rings. The lowest BCUT2D eigenvalue weighted by molar-refractivity contribution is 0.417. The van der Waals surface area contributed by atoms with Crippen LogP contribution in [0.3, 0.4) is 0 Å². The van der Waals surface area contributed by atoms with Gasteiger partial charge in [-0.05, 0) is 30.3 Å². The first-order valence-corrected chi connectivity index (χ1v) is 8.50. The van der Waals surface area contributed by atoms with Gasteiger partial charge in [0.1, 0.15) is 5.75 Å². The maximum atomic E-state index is 12.6. The number of anilines is 1. The van der Waals surface area contributed by atoms with E-state index in [1.165, 1.54) is 25.3 Å². The summed E-state index contributed by atoms with van der Waals surface area (Å²) in [6, 6.07) is 12.5. The molecule has 0 aromatic heterocycles. The minimum atomic E-state index is -3.85. The monoisotopic (exact) mass is 362 g/mol. The molecule has 0 atom stereocenters. The normalized spacial score (nSPS) is 11.6. The van der Waals surface area contributed by atoms with Crippen molar-refractivity contribution in [1.29, 1.82) is 0 Å². The van der Waals surface area contributed by atoms with Crippen LogP contribution in [-0.4, -0.2) is 27.4 Å². The topological polar surface area (TPSA) is 158 Å². The number of para-hydroxylation sites is 2. The second-order valence-electron chi connectivity index (χ2n) is 4.81. The molecule has 7 N–H and O–H groups in total. The SMILES string of the molecule is COc1ccccc1NS(=O)(=O)c1cccc(N=C(N)N=C(N)N)c1. The van der Waals surface area contributed by atoms with Gasteiger partial charge in [-0.3, -0.25) is 4.72 Å². The van der Waals surface area contributed by atoms with Gasteiger partial charge in [0.25, 0.3) is 10.0 Å². The fraction of sp³-hybridized carbons (Fsp3) is 0.0667. The lowest BCUT2D eigenvalue weighted by Gasteiger charge is -2.11. The molecule has 0 fully saturated rings. The summed E-state index contributed by atoms with van der Waals surface area (Å²) >= 11 is 0. The zero-order chi connectivity index (χ0) is 18.4.